The Morgan fingerprint density at radius 2 is 1.85 bits per heavy atom. The predicted octanol–water partition coefficient (Wildman–Crippen LogP) is 2.89. The minimum atomic E-state index is -1.03. The number of likely N-dealkylation sites (tertiary alicyclic amines) is 1. The van der Waals surface area contributed by atoms with Crippen LogP contribution < -0.4 is 0 Å². The van der Waals surface area contributed by atoms with Crippen molar-refractivity contribution >= 4 is 12.1 Å². The molecule has 1 N–H and O–H groups in total. The van der Waals surface area contributed by atoms with E-state index in [1.165, 1.54) is 12.8 Å². The maximum Gasteiger partial charge on any atom is 0.410 e. The van der Waals surface area contributed by atoms with Gasteiger partial charge in [-0.1, -0.05) is 18.1 Å². The van der Waals surface area contributed by atoms with Crippen LogP contribution in [0.25, 0.3) is 0 Å². The van der Waals surface area contributed by atoms with Crippen LogP contribution >= 0.6 is 0 Å². The zero-order chi connectivity index (χ0) is 18.9. The summed E-state index contributed by atoms with van der Waals surface area (Å²) in [5.41, 5.74) is 0.244. The minimum Gasteiger partial charge on any atom is -0.476 e. The van der Waals surface area contributed by atoms with Gasteiger partial charge >= 0.3 is 12.1 Å². The Morgan fingerprint density at radius 3 is 2.38 bits per heavy atom. The number of carboxylic acid groups (broad SMARTS) is 1. The van der Waals surface area contributed by atoms with Crippen LogP contribution in [0, 0.1) is 5.92 Å². The first-order chi connectivity index (χ1) is 12.2. The Morgan fingerprint density at radius 1 is 1.19 bits per heavy atom. The lowest BCUT2D eigenvalue weighted by Gasteiger charge is -2.33. The lowest BCUT2D eigenvalue weighted by atomic mass is 9.92. The van der Waals surface area contributed by atoms with E-state index in [0.29, 0.717) is 38.2 Å². The predicted molar refractivity (Wildman–Crippen MR) is 94.1 cm³/mol. The van der Waals surface area contributed by atoms with E-state index in [1.807, 2.05) is 20.8 Å². The Kier molecular flexibility index (Phi) is 5.20. The van der Waals surface area contributed by atoms with Gasteiger partial charge in [-0.25, -0.2) is 14.3 Å². The summed E-state index contributed by atoms with van der Waals surface area (Å²) < 4.78 is 7.20. The molecule has 0 bridgehead atoms. The topological polar surface area (TPSA) is 97.6 Å². The highest BCUT2D eigenvalue weighted by molar-refractivity contribution is 5.86. The first-order valence-corrected chi connectivity index (χ1v) is 9.39. The number of nitrogens with zero attached hydrogens (tertiary/aromatic N) is 4. The van der Waals surface area contributed by atoms with Gasteiger partial charge in [0, 0.05) is 25.6 Å². The molecule has 0 radical (unpaired) electrons. The molecule has 8 nitrogen and oxygen atoms in total. The van der Waals surface area contributed by atoms with Gasteiger partial charge in [-0.15, -0.1) is 5.10 Å². The maximum atomic E-state index is 12.2. The van der Waals surface area contributed by atoms with E-state index >= 15 is 0 Å². The minimum absolute atomic E-state index is 0.0500. The lowest BCUT2D eigenvalue weighted by molar-refractivity contribution is 0.0202. The lowest BCUT2D eigenvalue weighted by Crippen LogP contribution is -2.41. The van der Waals surface area contributed by atoms with Gasteiger partial charge in [0.2, 0.25) is 0 Å². The second-order valence-corrected chi connectivity index (χ2v) is 8.33. The van der Waals surface area contributed by atoms with Crippen molar-refractivity contribution in [2.24, 2.45) is 5.92 Å². The number of aromatic carboxylic acids is 1. The fraction of sp³-hybridized carbons (Fsp3) is 0.778. The fourth-order valence-corrected chi connectivity index (χ4v) is 3.42. The number of rotatable bonds is 5. The van der Waals surface area contributed by atoms with Gasteiger partial charge < -0.3 is 14.7 Å². The number of amides is 1. The first-order valence-electron chi connectivity index (χ1n) is 9.39. The molecule has 0 spiro atoms. The Bertz CT molecular complexity index is 667. The van der Waals surface area contributed by atoms with E-state index in [2.05, 4.69) is 10.3 Å². The number of carbonyl (C=O) groups excluding carboxylic acids is 1. The van der Waals surface area contributed by atoms with E-state index in [9.17, 15) is 14.7 Å². The van der Waals surface area contributed by atoms with Crippen LogP contribution in [0.3, 0.4) is 0 Å². The smallest absolute Gasteiger partial charge is 0.410 e. The van der Waals surface area contributed by atoms with Crippen LogP contribution in [0.1, 0.15) is 75.0 Å². The Balaban J connectivity index is 1.66. The van der Waals surface area contributed by atoms with Gasteiger partial charge in [0.1, 0.15) is 5.60 Å². The van der Waals surface area contributed by atoms with E-state index in [0.717, 1.165) is 12.3 Å². The highest BCUT2D eigenvalue weighted by atomic mass is 16.6. The summed E-state index contributed by atoms with van der Waals surface area (Å²) in [7, 11) is 0. The van der Waals surface area contributed by atoms with Crippen molar-refractivity contribution in [2.75, 3.05) is 13.1 Å². The van der Waals surface area contributed by atoms with Gasteiger partial charge in [-0.05, 0) is 46.0 Å². The van der Waals surface area contributed by atoms with Crippen LogP contribution in [0.15, 0.2) is 0 Å². The standard InChI is InChI=1S/C18H28N4O4/c1-18(2,3)26-17(25)21-9-7-13(8-10-21)15-14(16(23)24)19-20-22(15)11-6-12-4-5-12/h12-13H,4-11H2,1-3H3,(H,23,24). The molecular formula is C18H28N4O4. The van der Waals surface area contributed by atoms with Crippen molar-refractivity contribution in [1.29, 1.82) is 0 Å². The van der Waals surface area contributed by atoms with Gasteiger partial charge in [0.15, 0.2) is 5.69 Å². The number of carboxylic acids is 1. The molecule has 0 atom stereocenters. The monoisotopic (exact) mass is 364 g/mol. The third-order valence-electron chi connectivity index (χ3n) is 4.96. The number of hydrogen-bond acceptors (Lipinski definition) is 5. The zero-order valence-electron chi connectivity index (χ0n) is 15.8. The van der Waals surface area contributed by atoms with E-state index in [4.69, 9.17) is 4.74 Å². The molecule has 2 fully saturated rings. The number of aryl methyl sites for hydroxylation is 1. The average molecular weight is 364 g/mol. The Labute approximate surface area is 153 Å². The largest absolute Gasteiger partial charge is 0.476 e. The molecule has 26 heavy (non-hydrogen) atoms. The van der Waals surface area contributed by atoms with Crippen molar-refractivity contribution in [2.45, 2.75) is 70.9 Å². The third-order valence-corrected chi connectivity index (χ3v) is 4.96. The molecule has 0 aromatic carbocycles. The number of ether oxygens (including phenoxy) is 1. The number of carbonyl (C=O) groups is 2. The summed E-state index contributed by atoms with van der Waals surface area (Å²) in [4.78, 5) is 25.5. The molecule has 1 saturated heterocycles. The van der Waals surface area contributed by atoms with Crippen molar-refractivity contribution in [1.82, 2.24) is 19.9 Å². The molecule has 1 saturated carbocycles. The summed E-state index contributed by atoms with van der Waals surface area (Å²) in [6, 6.07) is 0. The van der Waals surface area contributed by atoms with Crippen molar-refractivity contribution < 1.29 is 19.4 Å². The van der Waals surface area contributed by atoms with Crippen LogP contribution in [0.5, 0.6) is 0 Å². The number of hydrogen-bond donors (Lipinski definition) is 1. The van der Waals surface area contributed by atoms with Gasteiger partial charge in [0.25, 0.3) is 0 Å². The first kappa shape index (κ1) is 18.7. The Hall–Kier alpha value is -2.12. The zero-order valence-corrected chi connectivity index (χ0v) is 15.8. The molecule has 1 aromatic heterocycles. The second-order valence-electron chi connectivity index (χ2n) is 8.33. The van der Waals surface area contributed by atoms with E-state index in [1.54, 1.807) is 9.58 Å². The van der Waals surface area contributed by atoms with E-state index < -0.39 is 11.6 Å². The summed E-state index contributed by atoms with van der Waals surface area (Å²) in [5, 5.41) is 17.5. The van der Waals surface area contributed by atoms with E-state index in [-0.39, 0.29) is 17.7 Å². The van der Waals surface area contributed by atoms with Crippen LogP contribution in [-0.2, 0) is 11.3 Å². The second kappa shape index (κ2) is 7.25. The molecule has 3 rings (SSSR count). The van der Waals surface area contributed by atoms with Crippen LogP contribution in [0.2, 0.25) is 0 Å². The number of piperidine rings is 1. The highest BCUT2D eigenvalue weighted by Gasteiger charge is 2.33. The van der Waals surface area contributed by atoms with Crippen LogP contribution in [-0.4, -0.2) is 55.8 Å². The van der Waals surface area contributed by atoms with Crippen molar-refractivity contribution in [3.8, 4) is 0 Å². The highest BCUT2D eigenvalue weighted by Crippen LogP contribution is 2.34. The molecule has 1 aliphatic heterocycles. The summed E-state index contributed by atoms with van der Waals surface area (Å²) >= 11 is 0. The SMILES string of the molecule is CC(C)(C)OC(=O)N1CCC(c2c(C(=O)O)nnn2CCC2CC2)CC1. The third kappa shape index (κ3) is 4.53. The number of aromatic nitrogens is 3. The fourth-order valence-electron chi connectivity index (χ4n) is 3.42. The molecule has 2 aliphatic rings. The maximum absolute atomic E-state index is 12.2. The molecule has 1 amide bonds. The molecule has 144 valence electrons. The molecule has 8 heteroatoms. The molecular weight excluding hydrogens is 336 g/mol. The van der Waals surface area contributed by atoms with Crippen LogP contribution in [0.4, 0.5) is 4.79 Å². The van der Waals surface area contributed by atoms with Crippen molar-refractivity contribution in [3.63, 3.8) is 0 Å². The molecule has 1 aliphatic carbocycles. The molecule has 2 heterocycles. The van der Waals surface area contributed by atoms with Gasteiger partial charge in [0.05, 0.1) is 5.69 Å². The summed E-state index contributed by atoms with van der Waals surface area (Å²) in [6.45, 7) is 7.36. The van der Waals surface area contributed by atoms with Gasteiger partial charge in [-0.2, -0.15) is 0 Å². The van der Waals surface area contributed by atoms with Gasteiger partial charge in [-0.3, -0.25) is 0 Å². The summed E-state index contributed by atoms with van der Waals surface area (Å²) in [5.74, 6) is -0.240. The molecule has 0 unspecified atom stereocenters. The normalized spacial score (nSPS) is 18.8. The summed E-state index contributed by atoms with van der Waals surface area (Å²) in [6.07, 6.45) is 4.60. The average Bonchev–Trinajstić information content (AvgIpc) is 3.29. The van der Waals surface area contributed by atoms with Crippen molar-refractivity contribution in [3.05, 3.63) is 11.4 Å². The quantitative estimate of drug-likeness (QED) is 0.863. The molecule has 1 aromatic rings.